The van der Waals surface area contributed by atoms with Crippen molar-refractivity contribution >= 4 is 40.7 Å². The second-order valence-electron chi connectivity index (χ2n) is 4.81. The fourth-order valence-electron chi connectivity index (χ4n) is 1.89. The summed E-state index contributed by atoms with van der Waals surface area (Å²) in [4.78, 5) is 23.8. The van der Waals surface area contributed by atoms with Gasteiger partial charge in [0.15, 0.2) is 0 Å². The molecule has 0 aliphatic rings. The first-order chi connectivity index (χ1) is 10.9. The topological polar surface area (TPSA) is 58.2 Å². The van der Waals surface area contributed by atoms with Crippen LogP contribution in [0.15, 0.2) is 36.4 Å². The molecule has 0 bridgehead atoms. The molecule has 0 spiro atoms. The predicted octanol–water partition coefficient (Wildman–Crippen LogP) is 3.81. The molecule has 0 saturated heterocycles. The van der Waals surface area contributed by atoms with Crippen LogP contribution in [0.25, 0.3) is 0 Å². The first-order valence-electron chi connectivity index (χ1n) is 6.66. The summed E-state index contributed by atoms with van der Waals surface area (Å²) in [6, 6.07) is 8.46. The number of benzene rings is 2. The monoisotopic (exact) mass is 354 g/mol. The first kappa shape index (κ1) is 17.2. The molecule has 4 nitrogen and oxygen atoms in total. The van der Waals surface area contributed by atoms with Gasteiger partial charge in [0.25, 0.3) is 5.91 Å². The van der Waals surface area contributed by atoms with E-state index in [-0.39, 0.29) is 22.9 Å². The Balaban J connectivity index is 1.94. The normalized spacial score (nSPS) is 10.3. The molecule has 2 rings (SSSR count). The van der Waals surface area contributed by atoms with Crippen molar-refractivity contribution in [3.05, 3.63) is 63.4 Å². The minimum absolute atomic E-state index is 0.199. The van der Waals surface area contributed by atoms with Gasteiger partial charge in [0.2, 0.25) is 5.91 Å². The highest BCUT2D eigenvalue weighted by atomic mass is 35.5. The number of anilines is 1. The average Bonchev–Trinajstić information content (AvgIpc) is 2.48. The first-order valence-corrected chi connectivity index (χ1v) is 7.41. The van der Waals surface area contributed by atoms with Crippen LogP contribution >= 0.6 is 23.2 Å². The van der Waals surface area contributed by atoms with Crippen LogP contribution in [0.3, 0.4) is 0 Å². The van der Waals surface area contributed by atoms with E-state index in [1.54, 1.807) is 6.92 Å². The van der Waals surface area contributed by atoms with Crippen LogP contribution in [0.5, 0.6) is 0 Å². The maximum absolute atomic E-state index is 13.0. The van der Waals surface area contributed by atoms with E-state index >= 15 is 0 Å². The van der Waals surface area contributed by atoms with Crippen molar-refractivity contribution in [3.63, 3.8) is 0 Å². The van der Waals surface area contributed by atoms with Gasteiger partial charge in [0, 0.05) is 10.7 Å². The summed E-state index contributed by atoms with van der Waals surface area (Å²) in [6.07, 6.45) is 0. The van der Waals surface area contributed by atoms with Gasteiger partial charge in [-0.2, -0.15) is 0 Å². The highest BCUT2D eigenvalue weighted by molar-refractivity contribution is 6.36. The van der Waals surface area contributed by atoms with Gasteiger partial charge < -0.3 is 10.6 Å². The van der Waals surface area contributed by atoms with Crippen LogP contribution in [0.1, 0.15) is 15.9 Å². The van der Waals surface area contributed by atoms with E-state index < -0.39 is 11.8 Å². The van der Waals surface area contributed by atoms with Gasteiger partial charge in [-0.05, 0) is 48.9 Å². The predicted molar refractivity (Wildman–Crippen MR) is 88.6 cm³/mol. The molecule has 2 amide bonds. The Morgan fingerprint density at radius 3 is 2.52 bits per heavy atom. The zero-order chi connectivity index (χ0) is 17.0. The highest BCUT2D eigenvalue weighted by Gasteiger charge is 2.12. The zero-order valence-corrected chi connectivity index (χ0v) is 13.6. The van der Waals surface area contributed by atoms with Crippen LogP contribution in [0.4, 0.5) is 10.1 Å². The van der Waals surface area contributed by atoms with Crippen LogP contribution in [-0.2, 0) is 4.79 Å². The third-order valence-electron chi connectivity index (χ3n) is 3.05. The van der Waals surface area contributed by atoms with Gasteiger partial charge in [-0.25, -0.2) is 4.39 Å². The Hall–Kier alpha value is -2.11. The number of carbonyl (C=O) groups is 2. The number of carbonyl (C=O) groups excluding carboxylic acids is 2. The van der Waals surface area contributed by atoms with Gasteiger partial charge in [0.05, 0.1) is 17.1 Å². The number of hydrogen-bond acceptors (Lipinski definition) is 2. The van der Waals surface area contributed by atoms with Gasteiger partial charge in [-0.15, -0.1) is 0 Å². The molecule has 23 heavy (non-hydrogen) atoms. The van der Waals surface area contributed by atoms with E-state index in [4.69, 9.17) is 23.2 Å². The molecule has 2 aromatic carbocycles. The average molecular weight is 355 g/mol. The Morgan fingerprint density at radius 1 is 1.13 bits per heavy atom. The second-order valence-corrected chi connectivity index (χ2v) is 5.66. The summed E-state index contributed by atoms with van der Waals surface area (Å²) in [5.74, 6) is -1.30. The van der Waals surface area contributed by atoms with Crippen molar-refractivity contribution in [1.29, 1.82) is 0 Å². The van der Waals surface area contributed by atoms with E-state index in [1.165, 1.54) is 36.4 Å². The highest BCUT2D eigenvalue weighted by Crippen LogP contribution is 2.20. The Kier molecular flexibility index (Phi) is 5.58. The van der Waals surface area contributed by atoms with Crippen molar-refractivity contribution in [2.45, 2.75) is 6.92 Å². The summed E-state index contributed by atoms with van der Waals surface area (Å²) >= 11 is 11.7. The Morgan fingerprint density at radius 2 is 1.87 bits per heavy atom. The lowest BCUT2D eigenvalue weighted by molar-refractivity contribution is -0.115. The fraction of sp³-hybridized carbons (Fsp3) is 0.125. The fourth-order valence-corrected chi connectivity index (χ4v) is 2.39. The maximum atomic E-state index is 13.0. The largest absolute Gasteiger partial charge is 0.343 e. The van der Waals surface area contributed by atoms with Gasteiger partial charge in [0.1, 0.15) is 5.82 Å². The molecule has 0 aliphatic carbocycles. The summed E-state index contributed by atoms with van der Waals surface area (Å²) < 4.78 is 13.0. The van der Waals surface area contributed by atoms with Gasteiger partial charge >= 0.3 is 0 Å². The van der Waals surface area contributed by atoms with E-state index in [9.17, 15) is 14.0 Å². The summed E-state index contributed by atoms with van der Waals surface area (Å²) in [6.45, 7) is 1.43. The molecule has 0 unspecified atom stereocenters. The molecule has 0 atom stereocenters. The molecule has 0 aromatic heterocycles. The Bertz CT molecular complexity index is 766. The second kappa shape index (κ2) is 7.44. The summed E-state index contributed by atoms with van der Waals surface area (Å²) in [5.41, 5.74) is 1.29. The molecule has 0 aliphatic heterocycles. The van der Waals surface area contributed by atoms with Crippen LogP contribution < -0.4 is 10.6 Å². The standard InChI is InChI=1S/C16H13Cl2FN2O2/c1-9-6-11(19)3-5-14(9)21-15(22)8-20-16(23)12-4-2-10(17)7-13(12)18/h2-7H,8H2,1H3,(H,20,23)(H,21,22). The van der Waals surface area contributed by atoms with Gasteiger partial charge in [-0.1, -0.05) is 23.2 Å². The van der Waals surface area contributed by atoms with E-state index in [0.29, 0.717) is 16.3 Å². The van der Waals surface area contributed by atoms with E-state index in [1.807, 2.05) is 0 Å². The molecular formula is C16H13Cl2FN2O2. The minimum Gasteiger partial charge on any atom is -0.343 e. The molecule has 2 N–H and O–H groups in total. The van der Waals surface area contributed by atoms with E-state index in [2.05, 4.69) is 10.6 Å². The van der Waals surface area contributed by atoms with Crippen molar-refractivity contribution in [3.8, 4) is 0 Å². The summed E-state index contributed by atoms with van der Waals surface area (Å²) in [7, 11) is 0. The third kappa shape index (κ3) is 4.68. The zero-order valence-electron chi connectivity index (χ0n) is 12.1. The molecular weight excluding hydrogens is 342 g/mol. The van der Waals surface area contributed by atoms with Crippen molar-refractivity contribution in [1.82, 2.24) is 5.32 Å². The maximum Gasteiger partial charge on any atom is 0.253 e. The number of aryl methyl sites for hydroxylation is 1. The molecule has 2 aromatic rings. The quantitative estimate of drug-likeness (QED) is 0.876. The molecule has 0 saturated carbocycles. The van der Waals surface area contributed by atoms with E-state index in [0.717, 1.165) is 0 Å². The number of hydrogen-bond donors (Lipinski definition) is 2. The minimum atomic E-state index is -0.488. The Labute approximate surface area is 142 Å². The lowest BCUT2D eigenvalue weighted by Crippen LogP contribution is -2.33. The number of amides is 2. The molecule has 7 heteroatoms. The number of rotatable bonds is 4. The molecule has 0 radical (unpaired) electrons. The molecule has 0 heterocycles. The summed E-state index contributed by atoms with van der Waals surface area (Å²) in [5, 5.41) is 5.66. The van der Waals surface area contributed by atoms with Crippen LogP contribution in [0.2, 0.25) is 10.0 Å². The van der Waals surface area contributed by atoms with Gasteiger partial charge in [-0.3, -0.25) is 9.59 Å². The lowest BCUT2D eigenvalue weighted by atomic mass is 10.2. The molecule has 120 valence electrons. The van der Waals surface area contributed by atoms with Crippen LogP contribution in [0, 0.1) is 12.7 Å². The van der Waals surface area contributed by atoms with Crippen molar-refractivity contribution in [2.75, 3.05) is 11.9 Å². The van der Waals surface area contributed by atoms with Crippen LogP contribution in [-0.4, -0.2) is 18.4 Å². The SMILES string of the molecule is Cc1cc(F)ccc1NC(=O)CNC(=O)c1ccc(Cl)cc1Cl. The number of halogens is 3. The number of nitrogens with one attached hydrogen (secondary N) is 2. The third-order valence-corrected chi connectivity index (χ3v) is 3.60. The lowest BCUT2D eigenvalue weighted by Gasteiger charge is -2.10. The smallest absolute Gasteiger partial charge is 0.253 e. The van der Waals surface area contributed by atoms with Crippen molar-refractivity contribution in [2.24, 2.45) is 0 Å². The molecule has 0 fully saturated rings. The van der Waals surface area contributed by atoms with Crippen molar-refractivity contribution < 1.29 is 14.0 Å².